The minimum absolute atomic E-state index is 0.0622. The maximum atomic E-state index is 5.47. The topological polar surface area (TPSA) is 58.1 Å². The second-order valence-corrected chi connectivity index (χ2v) is 8.85. The highest BCUT2D eigenvalue weighted by Gasteiger charge is 2.28. The Kier molecular flexibility index (Phi) is 9.41. The lowest BCUT2D eigenvalue weighted by Crippen LogP contribution is -2.56. The summed E-state index contributed by atoms with van der Waals surface area (Å²) in [5, 5.41) is 6.94. The fourth-order valence-electron chi connectivity index (χ4n) is 3.10. The van der Waals surface area contributed by atoms with Crippen LogP contribution in [0.3, 0.4) is 0 Å². The maximum Gasteiger partial charge on any atom is 0.191 e. The van der Waals surface area contributed by atoms with Gasteiger partial charge in [0.05, 0.1) is 20.3 Å². The van der Waals surface area contributed by atoms with Gasteiger partial charge in [-0.15, -0.1) is 11.8 Å². The first kappa shape index (κ1) is 22.8. The van der Waals surface area contributed by atoms with E-state index in [4.69, 9.17) is 9.47 Å². The Hall–Kier alpha value is -1.44. The first-order valence-electron chi connectivity index (χ1n) is 9.99. The fraction of sp³-hybridized carbons (Fsp3) is 0.667. The van der Waals surface area contributed by atoms with Crippen molar-refractivity contribution in [3.8, 4) is 5.75 Å². The highest BCUT2D eigenvalue weighted by atomic mass is 32.2. The molecule has 1 aromatic carbocycles. The largest absolute Gasteiger partial charge is 0.496 e. The molecule has 0 saturated carbocycles. The fourth-order valence-corrected chi connectivity index (χ4v) is 4.15. The standard InChI is InChI=1S/C21H36N4O2S/c1-17(15-28-19-9-7-6-8-18(19)26-5)14-23-20(22-4)24-16-21(2,3)25-10-12-27-13-11-25/h6-9,17H,10-16H2,1-5H3,(H2,22,23,24). The first-order valence-corrected chi connectivity index (χ1v) is 11.0. The third kappa shape index (κ3) is 7.18. The summed E-state index contributed by atoms with van der Waals surface area (Å²) in [4.78, 5) is 8.04. The number of para-hydroxylation sites is 1. The molecule has 1 unspecified atom stereocenters. The lowest BCUT2D eigenvalue weighted by molar-refractivity contribution is -0.00834. The van der Waals surface area contributed by atoms with Crippen LogP contribution in [0, 0.1) is 5.92 Å². The van der Waals surface area contributed by atoms with Crippen molar-refractivity contribution in [2.24, 2.45) is 10.9 Å². The molecule has 0 radical (unpaired) electrons. The van der Waals surface area contributed by atoms with Crippen molar-refractivity contribution in [2.75, 3.05) is 59.3 Å². The molecule has 0 aromatic heterocycles. The van der Waals surface area contributed by atoms with E-state index in [2.05, 4.69) is 53.4 Å². The number of hydrogen-bond acceptors (Lipinski definition) is 5. The van der Waals surface area contributed by atoms with Crippen LogP contribution in [-0.4, -0.2) is 75.7 Å². The lowest BCUT2D eigenvalue weighted by atomic mass is 10.0. The summed E-state index contributed by atoms with van der Waals surface area (Å²) in [6, 6.07) is 8.17. The maximum absolute atomic E-state index is 5.47. The van der Waals surface area contributed by atoms with Crippen LogP contribution in [0.2, 0.25) is 0 Å². The zero-order chi connectivity index (χ0) is 20.4. The average molecular weight is 409 g/mol. The van der Waals surface area contributed by atoms with Crippen LogP contribution in [0.5, 0.6) is 5.75 Å². The van der Waals surface area contributed by atoms with Gasteiger partial charge in [0, 0.05) is 49.4 Å². The molecule has 1 heterocycles. The van der Waals surface area contributed by atoms with Gasteiger partial charge < -0.3 is 20.1 Å². The van der Waals surface area contributed by atoms with Crippen LogP contribution >= 0.6 is 11.8 Å². The van der Waals surface area contributed by atoms with E-state index in [-0.39, 0.29) is 5.54 Å². The van der Waals surface area contributed by atoms with Crippen LogP contribution in [0.1, 0.15) is 20.8 Å². The van der Waals surface area contributed by atoms with Gasteiger partial charge in [-0.3, -0.25) is 9.89 Å². The molecule has 28 heavy (non-hydrogen) atoms. The number of guanidine groups is 1. The predicted octanol–water partition coefficient (Wildman–Crippen LogP) is 2.70. The van der Waals surface area contributed by atoms with Gasteiger partial charge in [-0.25, -0.2) is 0 Å². The molecule has 1 aliphatic heterocycles. The number of thioether (sulfide) groups is 1. The molecule has 2 rings (SSSR count). The zero-order valence-corrected chi connectivity index (χ0v) is 18.8. The molecule has 0 bridgehead atoms. The Balaban J connectivity index is 1.73. The number of methoxy groups -OCH3 is 1. The molecule has 7 heteroatoms. The number of nitrogens with one attached hydrogen (secondary N) is 2. The molecule has 0 spiro atoms. The molecule has 158 valence electrons. The summed E-state index contributed by atoms with van der Waals surface area (Å²) in [6.45, 7) is 12.1. The number of benzene rings is 1. The number of rotatable bonds is 9. The van der Waals surface area contributed by atoms with Crippen LogP contribution < -0.4 is 15.4 Å². The van der Waals surface area contributed by atoms with Gasteiger partial charge in [-0.2, -0.15) is 0 Å². The summed E-state index contributed by atoms with van der Waals surface area (Å²) in [7, 11) is 3.55. The van der Waals surface area contributed by atoms with E-state index in [1.807, 2.05) is 30.9 Å². The molecule has 1 atom stereocenters. The Bertz CT molecular complexity index is 618. The predicted molar refractivity (Wildman–Crippen MR) is 119 cm³/mol. The van der Waals surface area contributed by atoms with Gasteiger partial charge in [0.1, 0.15) is 5.75 Å². The van der Waals surface area contributed by atoms with Crippen LogP contribution in [0.4, 0.5) is 0 Å². The molecule has 2 N–H and O–H groups in total. The van der Waals surface area contributed by atoms with Gasteiger partial charge >= 0.3 is 0 Å². The van der Waals surface area contributed by atoms with E-state index in [1.165, 1.54) is 4.90 Å². The summed E-state index contributed by atoms with van der Waals surface area (Å²) in [6.07, 6.45) is 0. The molecule has 1 fully saturated rings. The van der Waals surface area contributed by atoms with E-state index < -0.39 is 0 Å². The highest BCUT2D eigenvalue weighted by molar-refractivity contribution is 7.99. The van der Waals surface area contributed by atoms with Crippen LogP contribution in [0.15, 0.2) is 34.2 Å². The molecule has 0 amide bonds. The molecular formula is C21H36N4O2S. The van der Waals surface area contributed by atoms with Crippen molar-refractivity contribution >= 4 is 17.7 Å². The number of aliphatic imine (C=N–C) groups is 1. The van der Waals surface area contributed by atoms with E-state index in [1.54, 1.807) is 7.11 Å². The minimum Gasteiger partial charge on any atom is -0.496 e. The summed E-state index contributed by atoms with van der Waals surface area (Å²) in [5.41, 5.74) is 0.0622. The van der Waals surface area contributed by atoms with Crippen molar-refractivity contribution < 1.29 is 9.47 Å². The van der Waals surface area contributed by atoms with Gasteiger partial charge in [0.15, 0.2) is 5.96 Å². The lowest BCUT2D eigenvalue weighted by Gasteiger charge is -2.41. The molecule has 0 aliphatic carbocycles. The van der Waals surface area contributed by atoms with E-state index in [0.717, 1.165) is 56.9 Å². The van der Waals surface area contributed by atoms with Crippen molar-refractivity contribution in [1.29, 1.82) is 0 Å². The quantitative estimate of drug-likeness (QED) is 0.372. The second kappa shape index (κ2) is 11.5. The summed E-state index contributed by atoms with van der Waals surface area (Å²) < 4.78 is 10.9. The van der Waals surface area contributed by atoms with Gasteiger partial charge in [0.2, 0.25) is 0 Å². The van der Waals surface area contributed by atoms with Crippen LogP contribution in [-0.2, 0) is 4.74 Å². The average Bonchev–Trinajstić information content (AvgIpc) is 2.73. The summed E-state index contributed by atoms with van der Waals surface area (Å²) >= 11 is 1.83. The Labute approximate surface area is 174 Å². The summed E-state index contributed by atoms with van der Waals surface area (Å²) in [5.74, 6) is 3.32. The second-order valence-electron chi connectivity index (χ2n) is 7.79. The Morgan fingerprint density at radius 2 is 2.00 bits per heavy atom. The van der Waals surface area contributed by atoms with Crippen molar-refractivity contribution in [1.82, 2.24) is 15.5 Å². The van der Waals surface area contributed by atoms with Gasteiger partial charge in [-0.05, 0) is 31.9 Å². The molecule has 1 saturated heterocycles. The van der Waals surface area contributed by atoms with Crippen molar-refractivity contribution in [2.45, 2.75) is 31.2 Å². The number of hydrogen-bond donors (Lipinski definition) is 2. The number of ether oxygens (including phenoxy) is 2. The Morgan fingerprint density at radius 1 is 1.29 bits per heavy atom. The third-order valence-electron chi connectivity index (χ3n) is 4.99. The minimum atomic E-state index is 0.0622. The molecule has 6 nitrogen and oxygen atoms in total. The Morgan fingerprint density at radius 3 is 2.68 bits per heavy atom. The first-order chi connectivity index (χ1) is 13.5. The number of nitrogens with zero attached hydrogens (tertiary/aromatic N) is 2. The number of morpholine rings is 1. The molecule has 1 aromatic rings. The van der Waals surface area contributed by atoms with Gasteiger partial charge in [-0.1, -0.05) is 19.1 Å². The molecular weight excluding hydrogens is 372 g/mol. The van der Waals surface area contributed by atoms with Gasteiger partial charge in [0.25, 0.3) is 0 Å². The SMILES string of the molecule is CN=C(NCC(C)CSc1ccccc1OC)NCC(C)(C)N1CCOCC1. The third-order valence-corrected chi connectivity index (χ3v) is 6.37. The van der Waals surface area contributed by atoms with Crippen molar-refractivity contribution in [3.05, 3.63) is 24.3 Å². The normalized spacial score (nSPS) is 17.2. The smallest absolute Gasteiger partial charge is 0.191 e. The van der Waals surface area contributed by atoms with E-state index >= 15 is 0 Å². The highest BCUT2D eigenvalue weighted by Crippen LogP contribution is 2.29. The molecule has 1 aliphatic rings. The van der Waals surface area contributed by atoms with E-state index in [9.17, 15) is 0 Å². The monoisotopic (exact) mass is 408 g/mol. The van der Waals surface area contributed by atoms with E-state index in [0.29, 0.717) is 5.92 Å². The van der Waals surface area contributed by atoms with Crippen LogP contribution in [0.25, 0.3) is 0 Å². The van der Waals surface area contributed by atoms with Crippen molar-refractivity contribution in [3.63, 3.8) is 0 Å². The zero-order valence-electron chi connectivity index (χ0n) is 18.0.